The zero-order valence-electron chi connectivity index (χ0n) is 20.8. The van der Waals surface area contributed by atoms with Crippen LogP contribution in [-0.4, -0.2) is 12.0 Å². The van der Waals surface area contributed by atoms with Crippen LogP contribution in [0.2, 0.25) is 0 Å². The molecule has 1 aliphatic rings. The lowest BCUT2D eigenvalue weighted by Gasteiger charge is -2.31. The second-order valence-electron chi connectivity index (χ2n) is 9.60. The largest absolute Gasteiger partial charge is 0.460 e. The lowest BCUT2D eigenvalue weighted by molar-refractivity contribution is -0.147. The summed E-state index contributed by atoms with van der Waals surface area (Å²) in [7, 11) is -3.13. The van der Waals surface area contributed by atoms with Crippen molar-refractivity contribution in [2.75, 3.05) is 0 Å². The van der Waals surface area contributed by atoms with Crippen LogP contribution in [0.25, 0.3) is 0 Å². The van der Waals surface area contributed by atoms with Crippen LogP contribution in [-0.2, 0) is 27.1 Å². The number of rotatable bonds is 9. The van der Waals surface area contributed by atoms with E-state index in [4.69, 9.17) is 4.74 Å². The van der Waals surface area contributed by atoms with E-state index in [0.29, 0.717) is 6.42 Å². The SMILES string of the molecule is O=C(OCc1ccccc1)[C@H](Cc1ccccc1)NP1(=O)[C@H](c2ccccc2)CC[C@H]1c1ccccc1. The molecule has 0 radical (unpaired) electrons. The molecule has 3 atom stereocenters. The highest BCUT2D eigenvalue weighted by molar-refractivity contribution is 7.63. The third kappa shape index (κ3) is 5.93. The van der Waals surface area contributed by atoms with Gasteiger partial charge in [0.2, 0.25) is 0 Å². The summed E-state index contributed by atoms with van der Waals surface area (Å²) in [5, 5.41) is 3.46. The highest BCUT2D eigenvalue weighted by atomic mass is 31.2. The Labute approximate surface area is 219 Å². The van der Waals surface area contributed by atoms with E-state index in [9.17, 15) is 4.79 Å². The molecular formula is C32H32NO3P. The van der Waals surface area contributed by atoms with E-state index in [-0.39, 0.29) is 23.9 Å². The standard InChI is InChI=1S/C32H32NO3P/c34-32(36-24-26-15-7-2-8-16-26)29(23-25-13-5-1-6-14-25)33-37(35)30(27-17-9-3-10-18-27)21-22-31(37)28-19-11-4-12-20-28/h1-20,29-31H,21-24H2,(H,33,35)/t29-,30-,31-/m0/s1. The third-order valence-corrected chi connectivity index (χ3v) is 10.8. The van der Waals surface area contributed by atoms with E-state index in [1.54, 1.807) is 0 Å². The third-order valence-electron chi connectivity index (χ3n) is 7.16. The van der Waals surface area contributed by atoms with E-state index in [1.165, 1.54) is 0 Å². The van der Waals surface area contributed by atoms with Crippen LogP contribution in [0.5, 0.6) is 0 Å². The fourth-order valence-corrected chi connectivity index (χ4v) is 9.10. The van der Waals surface area contributed by atoms with E-state index >= 15 is 4.57 Å². The topological polar surface area (TPSA) is 55.4 Å². The van der Waals surface area contributed by atoms with Gasteiger partial charge in [0.15, 0.2) is 7.29 Å². The van der Waals surface area contributed by atoms with Gasteiger partial charge in [0, 0.05) is 0 Å². The number of hydrogen-bond acceptors (Lipinski definition) is 3. The highest BCUT2D eigenvalue weighted by Crippen LogP contribution is 2.74. The molecule has 1 aliphatic heterocycles. The second kappa shape index (κ2) is 11.7. The molecule has 0 aliphatic carbocycles. The van der Waals surface area contributed by atoms with Gasteiger partial charge in [0.1, 0.15) is 12.6 Å². The number of nitrogens with one attached hydrogen (secondary N) is 1. The molecule has 0 unspecified atom stereocenters. The molecule has 0 bridgehead atoms. The van der Waals surface area contributed by atoms with Crippen molar-refractivity contribution >= 4 is 13.3 Å². The minimum atomic E-state index is -3.13. The molecule has 37 heavy (non-hydrogen) atoms. The monoisotopic (exact) mass is 509 g/mol. The van der Waals surface area contributed by atoms with Crippen LogP contribution in [0, 0.1) is 0 Å². The summed E-state index contributed by atoms with van der Waals surface area (Å²) in [5.74, 6) is -0.381. The van der Waals surface area contributed by atoms with Gasteiger partial charge in [-0.3, -0.25) is 9.88 Å². The van der Waals surface area contributed by atoms with Gasteiger partial charge < -0.3 is 9.30 Å². The van der Waals surface area contributed by atoms with Gasteiger partial charge in [-0.1, -0.05) is 121 Å². The minimum Gasteiger partial charge on any atom is -0.460 e. The molecule has 1 N–H and O–H groups in total. The quantitative estimate of drug-likeness (QED) is 0.188. The summed E-state index contributed by atoms with van der Waals surface area (Å²) in [6.45, 7) is 0.182. The smallest absolute Gasteiger partial charge is 0.324 e. The van der Waals surface area contributed by atoms with Crippen LogP contribution in [0.15, 0.2) is 121 Å². The zero-order valence-corrected chi connectivity index (χ0v) is 21.7. The molecular weight excluding hydrogens is 477 g/mol. The normalized spacial score (nSPS) is 19.2. The van der Waals surface area contributed by atoms with E-state index in [2.05, 4.69) is 5.09 Å². The molecule has 188 valence electrons. The first-order valence-corrected chi connectivity index (χ1v) is 14.7. The summed E-state index contributed by atoms with van der Waals surface area (Å²) < 4.78 is 20.9. The number of ether oxygens (including phenoxy) is 1. The minimum absolute atomic E-state index is 0.167. The Balaban J connectivity index is 1.47. The maximum Gasteiger partial charge on any atom is 0.324 e. The van der Waals surface area contributed by atoms with Crippen LogP contribution in [0.4, 0.5) is 0 Å². The Morgan fingerprint density at radius 1 is 0.703 bits per heavy atom. The molecule has 0 spiro atoms. The number of hydrogen-bond donors (Lipinski definition) is 1. The fourth-order valence-electron chi connectivity index (χ4n) is 5.33. The molecule has 1 saturated heterocycles. The summed E-state index contributed by atoms with van der Waals surface area (Å²) in [6, 6.07) is 38.9. The summed E-state index contributed by atoms with van der Waals surface area (Å²) in [6.07, 6.45) is 2.00. The predicted octanol–water partition coefficient (Wildman–Crippen LogP) is 7.49. The molecule has 4 aromatic rings. The Hall–Kier alpha value is -3.46. The lowest BCUT2D eigenvalue weighted by atomic mass is 10.0. The predicted molar refractivity (Wildman–Crippen MR) is 149 cm³/mol. The Bertz CT molecular complexity index is 1280. The van der Waals surface area contributed by atoms with E-state index < -0.39 is 13.3 Å². The van der Waals surface area contributed by atoms with Crippen LogP contribution < -0.4 is 5.09 Å². The van der Waals surface area contributed by atoms with Crippen molar-refractivity contribution in [1.29, 1.82) is 0 Å². The van der Waals surface area contributed by atoms with Crippen LogP contribution in [0.3, 0.4) is 0 Å². The molecule has 5 rings (SSSR count). The Kier molecular flexibility index (Phi) is 7.99. The van der Waals surface area contributed by atoms with Crippen LogP contribution >= 0.6 is 7.29 Å². The lowest BCUT2D eigenvalue weighted by Crippen LogP contribution is -2.39. The van der Waals surface area contributed by atoms with Crippen molar-refractivity contribution in [3.8, 4) is 0 Å². The highest BCUT2D eigenvalue weighted by Gasteiger charge is 2.49. The average Bonchev–Trinajstić information content (AvgIpc) is 3.29. The summed E-state index contributed by atoms with van der Waals surface area (Å²) >= 11 is 0. The summed E-state index contributed by atoms with van der Waals surface area (Å²) in [4.78, 5) is 13.5. The maximum atomic E-state index is 15.1. The molecule has 5 heteroatoms. The van der Waals surface area contributed by atoms with E-state index in [0.717, 1.165) is 35.1 Å². The van der Waals surface area contributed by atoms with Gasteiger partial charge in [0.25, 0.3) is 0 Å². The maximum absolute atomic E-state index is 15.1. The molecule has 4 nitrogen and oxygen atoms in total. The molecule has 0 saturated carbocycles. The first-order valence-electron chi connectivity index (χ1n) is 12.8. The fraction of sp³-hybridized carbons (Fsp3) is 0.219. The van der Waals surface area contributed by atoms with Crippen molar-refractivity contribution in [3.05, 3.63) is 144 Å². The number of benzene rings is 4. The first-order chi connectivity index (χ1) is 18.1. The zero-order chi connectivity index (χ0) is 25.5. The molecule has 1 fully saturated rings. The van der Waals surface area contributed by atoms with Crippen molar-refractivity contribution in [1.82, 2.24) is 5.09 Å². The number of esters is 1. The van der Waals surface area contributed by atoms with Crippen molar-refractivity contribution in [3.63, 3.8) is 0 Å². The Morgan fingerprint density at radius 3 is 1.62 bits per heavy atom. The molecule has 0 amide bonds. The number of carbonyl (C=O) groups is 1. The van der Waals surface area contributed by atoms with Gasteiger partial charge >= 0.3 is 5.97 Å². The first kappa shape index (κ1) is 25.2. The molecule has 4 aromatic carbocycles. The van der Waals surface area contributed by atoms with Crippen molar-refractivity contribution in [2.45, 2.75) is 43.2 Å². The van der Waals surface area contributed by atoms with Gasteiger partial charge in [-0.15, -0.1) is 0 Å². The van der Waals surface area contributed by atoms with Crippen LogP contribution in [0.1, 0.15) is 46.4 Å². The Morgan fingerprint density at radius 2 is 1.14 bits per heavy atom. The average molecular weight is 510 g/mol. The summed E-state index contributed by atoms with van der Waals surface area (Å²) in [5.41, 5.74) is 3.68. The van der Waals surface area contributed by atoms with Gasteiger partial charge in [-0.25, -0.2) is 0 Å². The van der Waals surface area contributed by atoms with Gasteiger partial charge in [-0.2, -0.15) is 0 Å². The van der Waals surface area contributed by atoms with Gasteiger partial charge in [-0.05, 0) is 41.5 Å². The molecule has 1 heterocycles. The van der Waals surface area contributed by atoms with Crippen molar-refractivity contribution < 1.29 is 14.1 Å². The van der Waals surface area contributed by atoms with Gasteiger partial charge in [0.05, 0.1) is 11.3 Å². The van der Waals surface area contributed by atoms with E-state index in [1.807, 2.05) is 121 Å². The molecule has 0 aromatic heterocycles. The van der Waals surface area contributed by atoms with Crippen molar-refractivity contribution in [2.24, 2.45) is 0 Å². The number of carbonyl (C=O) groups excluding carboxylic acids is 1. The second-order valence-corrected chi connectivity index (χ2v) is 12.5.